The maximum Gasteiger partial charge on any atom is 0.240 e. The number of fused-ring (bicyclic) bond motifs is 2. The maximum absolute atomic E-state index is 13.4. The third-order valence-corrected chi connectivity index (χ3v) is 6.06. The van der Waals surface area contributed by atoms with Crippen molar-refractivity contribution in [3.8, 4) is 6.07 Å². The predicted octanol–water partition coefficient (Wildman–Crippen LogP) is 0.222. The molecule has 1 saturated heterocycles. The molecular formula is C20H23N5O3. The van der Waals surface area contributed by atoms with Gasteiger partial charge in [0.2, 0.25) is 17.7 Å². The van der Waals surface area contributed by atoms with Crippen LogP contribution in [0.15, 0.2) is 18.2 Å². The number of hydrogen-bond donors (Lipinski definition) is 3. The fourth-order valence-electron chi connectivity index (χ4n) is 4.36. The number of nitrogens with one attached hydrogen (secondary N) is 2. The van der Waals surface area contributed by atoms with Gasteiger partial charge >= 0.3 is 0 Å². The predicted molar refractivity (Wildman–Crippen MR) is 101 cm³/mol. The van der Waals surface area contributed by atoms with Crippen molar-refractivity contribution in [2.75, 3.05) is 18.8 Å². The number of anilines is 1. The first kappa shape index (κ1) is 15.1. The Labute approximate surface area is 167 Å². The van der Waals surface area contributed by atoms with Crippen LogP contribution in [-0.2, 0) is 19.8 Å². The van der Waals surface area contributed by atoms with Crippen LogP contribution in [0.1, 0.15) is 40.9 Å². The second-order valence-electron chi connectivity index (χ2n) is 7.87. The minimum atomic E-state index is -2.53. The molecule has 0 radical (unpaired) electrons. The lowest BCUT2D eigenvalue weighted by Crippen LogP contribution is -2.51. The van der Waals surface area contributed by atoms with E-state index in [9.17, 15) is 14.4 Å². The highest BCUT2D eigenvalue weighted by atomic mass is 16.2. The van der Waals surface area contributed by atoms with Gasteiger partial charge in [-0.1, -0.05) is 18.9 Å². The molecule has 1 saturated carbocycles. The number of nitrogens with zero attached hydrogens (tertiary/aromatic N) is 2. The lowest BCUT2D eigenvalue weighted by molar-refractivity contribution is -0.139. The number of likely N-dealkylation sites (tertiary alicyclic amines) is 1. The van der Waals surface area contributed by atoms with E-state index >= 15 is 0 Å². The Morgan fingerprint density at radius 1 is 1.54 bits per heavy atom. The van der Waals surface area contributed by atoms with Crippen LogP contribution < -0.4 is 16.4 Å². The summed E-state index contributed by atoms with van der Waals surface area (Å²) in [6.07, 6.45) is 2.20. The van der Waals surface area contributed by atoms with Gasteiger partial charge in [-0.2, -0.15) is 5.26 Å². The third kappa shape index (κ3) is 2.83. The van der Waals surface area contributed by atoms with Crippen LogP contribution in [0.3, 0.4) is 0 Å². The van der Waals surface area contributed by atoms with Gasteiger partial charge in [0.05, 0.1) is 23.1 Å². The number of primary amides is 1. The highest BCUT2D eigenvalue weighted by Crippen LogP contribution is 2.47. The molecule has 3 atom stereocenters. The summed E-state index contributed by atoms with van der Waals surface area (Å²) >= 11 is 0. The molecule has 8 nitrogen and oxygen atoms in total. The van der Waals surface area contributed by atoms with E-state index in [1.807, 2.05) is 6.07 Å². The van der Waals surface area contributed by atoms with Crippen LogP contribution in [0, 0.1) is 17.2 Å². The number of nitriles is 1. The molecule has 1 aliphatic carbocycles. The zero-order valence-electron chi connectivity index (χ0n) is 18.2. The van der Waals surface area contributed by atoms with Gasteiger partial charge in [0.1, 0.15) is 6.04 Å². The fraction of sp³-hybridized carbons (Fsp3) is 0.500. The van der Waals surface area contributed by atoms with E-state index in [0.717, 1.165) is 12.8 Å². The Hall–Kier alpha value is -2.92. The van der Waals surface area contributed by atoms with Crippen molar-refractivity contribution in [3.63, 3.8) is 0 Å². The van der Waals surface area contributed by atoms with E-state index in [1.165, 1.54) is 4.90 Å². The molecule has 0 unspecified atom stereocenters. The topological polar surface area (TPSA) is 128 Å². The highest BCUT2D eigenvalue weighted by molar-refractivity contribution is 6.08. The van der Waals surface area contributed by atoms with E-state index in [-0.39, 0.29) is 24.8 Å². The van der Waals surface area contributed by atoms with Crippen LogP contribution >= 0.6 is 0 Å². The molecule has 4 rings (SSSR count). The number of likely N-dealkylation sites (N-methyl/N-ethyl adjacent to an activating group) is 1. The third-order valence-electron chi connectivity index (χ3n) is 6.06. The summed E-state index contributed by atoms with van der Waals surface area (Å²) in [5.41, 5.74) is 5.85. The first-order chi connectivity index (χ1) is 14.5. The molecule has 1 aromatic rings. The van der Waals surface area contributed by atoms with Crippen molar-refractivity contribution in [2.24, 2.45) is 11.7 Å². The van der Waals surface area contributed by atoms with E-state index in [1.54, 1.807) is 18.2 Å². The van der Waals surface area contributed by atoms with Gasteiger partial charge in [0, 0.05) is 16.3 Å². The molecule has 1 spiro atoms. The molecule has 0 aromatic heterocycles. The number of rotatable bonds is 5. The van der Waals surface area contributed by atoms with Crippen molar-refractivity contribution >= 4 is 23.4 Å². The van der Waals surface area contributed by atoms with Crippen molar-refractivity contribution in [3.05, 3.63) is 29.3 Å². The number of carbonyl (C=O) groups excluding carboxylic acids is 3. The lowest BCUT2D eigenvalue weighted by atomic mass is 9.79. The van der Waals surface area contributed by atoms with Gasteiger partial charge in [-0.3, -0.25) is 14.4 Å². The molecular weight excluding hydrogens is 358 g/mol. The molecule has 2 aliphatic heterocycles. The van der Waals surface area contributed by atoms with Crippen molar-refractivity contribution in [1.82, 2.24) is 10.2 Å². The largest absolute Gasteiger partial charge is 0.368 e. The summed E-state index contributed by atoms with van der Waals surface area (Å²) in [5.74, 6) is -1.41. The van der Waals surface area contributed by atoms with Crippen LogP contribution in [0.5, 0.6) is 0 Å². The quantitative estimate of drug-likeness (QED) is 0.669. The summed E-state index contributed by atoms with van der Waals surface area (Å²) in [6, 6.07) is 4.76. The normalized spacial score (nSPS) is 28.7. The Morgan fingerprint density at radius 2 is 2.32 bits per heavy atom. The first-order valence-electron chi connectivity index (χ1n) is 10.8. The highest BCUT2D eigenvalue weighted by Gasteiger charge is 2.57. The van der Waals surface area contributed by atoms with Gasteiger partial charge in [0.15, 0.2) is 0 Å². The monoisotopic (exact) mass is 384 g/mol. The summed E-state index contributed by atoms with van der Waals surface area (Å²) in [4.78, 5) is 39.9. The summed E-state index contributed by atoms with van der Waals surface area (Å²) < 4.78 is 22.6. The van der Waals surface area contributed by atoms with Crippen LogP contribution in [0.4, 0.5) is 5.69 Å². The molecule has 3 amide bonds. The van der Waals surface area contributed by atoms with E-state index in [0.29, 0.717) is 23.2 Å². The van der Waals surface area contributed by atoms with Crippen LogP contribution in [0.2, 0.25) is 0 Å². The Bertz CT molecular complexity index is 1000. The van der Waals surface area contributed by atoms with E-state index < -0.39 is 36.3 Å². The van der Waals surface area contributed by atoms with Gasteiger partial charge in [-0.25, -0.2) is 0 Å². The molecule has 1 aromatic carbocycles. The number of amides is 3. The van der Waals surface area contributed by atoms with Crippen molar-refractivity contribution in [1.29, 1.82) is 5.26 Å². The lowest BCUT2D eigenvalue weighted by Gasteiger charge is -2.28. The molecule has 4 N–H and O–H groups in total. The van der Waals surface area contributed by atoms with Gasteiger partial charge in [-0.15, -0.1) is 0 Å². The Balaban J connectivity index is 1.67. The van der Waals surface area contributed by atoms with Gasteiger partial charge in [-0.05, 0) is 43.4 Å². The van der Waals surface area contributed by atoms with Crippen molar-refractivity contribution < 1.29 is 18.5 Å². The average molecular weight is 384 g/mol. The van der Waals surface area contributed by atoms with E-state index in [4.69, 9.17) is 15.1 Å². The fourth-order valence-corrected chi connectivity index (χ4v) is 4.36. The molecule has 3 aliphatic rings. The van der Waals surface area contributed by atoms with Crippen LogP contribution in [-0.4, -0.2) is 48.2 Å². The SMILES string of the molecule is [2H]C([2H])([2H])N[C@@H](CC1CC1)C(=O)N1C[C@]2(C[C@H]1C(N)=O)C(=O)Nc1cc(C#N)ccc12. The maximum atomic E-state index is 13.4. The Morgan fingerprint density at radius 3 is 2.96 bits per heavy atom. The minimum Gasteiger partial charge on any atom is -0.368 e. The standard InChI is InChI=1S/C20H23N5O3/c1-23-15(6-11-2-3-11)18(27)25-10-20(8-16(25)17(22)26)13-5-4-12(9-21)7-14(13)24-19(20)28/h4-5,7,11,15-16,23H,2-3,6,8,10H2,1H3,(H2,22,26)(H,24,28)/t15-,16-,20-/m0/s1/i1D3. The molecule has 0 bridgehead atoms. The Kier molecular flexibility index (Phi) is 3.55. The van der Waals surface area contributed by atoms with Crippen LogP contribution in [0.25, 0.3) is 0 Å². The zero-order chi connectivity index (χ0) is 22.6. The summed E-state index contributed by atoms with van der Waals surface area (Å²) in [5, 5.41) is 14.3. The summed E-state index contributed by atoms with van der Waals surface area (Å²) in [7, 11) is 0. The van der Waals surface area contributed by atoms with E-state index in [2.05, 4.69) is 10.6 Å². The molecule has 146 valence electrons. The van der Waals surface area contributed by atoms with Crippen molar-refractivity contribution in [2.45, 2.75) is 43.2 Å². The second-order valence-corrected chi connectivity index (χ2v) is 7.87. The number of hydrogen-bond acceptors (Lipinski definition) is 5. The number of nitrogens with two attached hydrogens (primary N) is 1. The first-order valence-corrected chi connectivity index (χ1v) is 9.28. The average Bonchev–Trinajstić information content (AvgIpc) is 3.34. The second kappa shape index (κ2) is 6.60. The molecule has 2 heterocycles. The molecule has 28 heavy (non-hydrogen) atoms. The molecule has 2 fully saturated rings. The van der Waals surface area contributed by atoms with Gasteiger partial charge in [0.25, 0.3) is 0 Å². The van der Waals surface area contributed by atoms with Gasteiger partial charge < -0.3 is 21.3 Å². The molecule has 8 heteroatoms. The summed E-state index contributed by atoms with van der Waals surface area (Å²) in [6.45, 7) is -2.62. The number of benzene rings is 1. The smallest absolute Gasteiger partial charge is 0.240 e. The minimum absolute atomic E-state index is 0.00270. The number of carbonyl (C=O) groups is 3. The zero-order valence-corrected chi connectivity index (χ0v) is 15.2.